The molecule has 0 saturated heterocycles. The van der Waals surface area contributed by atoms with Crippen molar-refractivity contribution in [2.75, 3.05) is 10.0 Å². The number of carbonyl (C=O) groups excluding carboxylic acids is 1. The highest BCUT2D eigenvalue weighted by Gasteiger charge is 2.21. The van der Waals surface area contributed by atoms with Gasteiger partial charge in [0.25, 0.3) is 15.9 Å². The summed E-state index contributed by atoms with van der Waals surface area (Å²) in [5, 5.41) is 6.35. The zero-order chi connectivity index (χ0) is 18.7. The summed E-state index contributed by atoms with van der Waals surface area (Å²) in [6, 6.07) is 12.4. The maximum Gasteiger partial charge on any atom is 0.264 e. The topological polar surface area (TPSA) is 75.3 Å². The number of halogens is 2. The summed E-state index contributed by atoms with van der Waals surface area (Å²) in [4.78, 5) is 11.8. The number of thiophene rings is 1. The van der Waals surface area contributed by atoms with Gasteiger partial charge in [-0.25, -0.2) is 8.42 Å². The minimum absolute atomic E-state index is 0.0321. The molecular formula is C17H12Cl2N2O3S2. The van der Waals surface area contributed by atoms with Gasteiger partial charge in [-0.05, 0) is 47.8 Å². The van der Waals surface area contributed by atoms with Gasteiger partial charge in [0.05, 0.1) is 15.6 Å². The van der Waals surface area contributed by atoms with Crippen LogP contribution in [-0.2, 0) is 10.0 Å². The maximum absolute atomic E-state index is 12.5. The van der Waals surface area contributed by atoms with E-state index in [9.17, 15) is 13.2 Å². The molecule has 0 bridgehead atoms. The van der Waals surface area contributed by atoms with Crippen molar-refractivity contribution in [1.29, 1.82) is 0 Å². The van der Waals surface area contributed by atoms with Crippen molar-refractivity contribution in [1.82, 2.24) is 0 Å². The van der Waals surface area contributed by atoms with Gasteiger partial charge in [-0.15, -0.1) is 0 Å². The third-order valence-corrected chi connectivity index (χ3v) is 6.39. The van der Waals surface area contributed by atoms with Crippen LogP contribution in [0.4, 0.5) is 11.4 Å². The number of nitrogens with one attached hydrogen (secondary N) is 2. The van der Waals surface area contributed by atoms with E-state index in [1.54, 1.807) is 29.6 Å². The molecule has 0 aliphatic rings. The van der Waals surface area contributed by atoms with Crippen LogP contribution in [0.1, 0.15) is 10.4 Å². The van der Waals surface area contributed by atoms with E-state index in [-0.39, 0.29) is 20.8 Å². The number of sulfonamides is 1. The fraction of sp³-hybridized carbons (Fsp3) is 0. The second-order valence-corrected chi connectivity index (χ2v) is 8.41. The quantitative estimate of drug-likeness (QED) is 0.594. The van der Waals surface area contributed by atoms with E-state index in [1.165, 1.54) is 35.6 Å². The van der Waals surface area contributed by atoms with Gasteiger partial charge >= 0.3 is 0 Å². The van der Waals surface area contributed by atoms with Crippen LogP contribution in [0, 0.1) is 0 Å². The lowest BCUT2D eigenvalue weighted by Crippen LogP contribution is -2.14. The summed E-state index contributed by atoms with van der Waals surface area (Å²) >= 11 is 13.4. The molecule has 1 heterocycles. The molecule has 0 aliphatic carbocycles. The van der Waals surface area contributed by atoms with Crippen LogP contribution in [0.15, 0.2) is 64.2 Å². The highest BCUT2D eigenvalue weighted by molar-refractivity contribution is 7.93. The molecule has 3 rings (SSSR count). The molecule has 3 aromatic rings. The molecular weight excluding hydrogens is 415 g/mol. The molecule has 2 N–H and O–H groups in total. The van der Waals surface area contributed by atoms with Crippen LogP contribution >= 0.6 is 34.5 Å². The molecule has 0 aliphatic heterocycles. The molecule has 1 aromatic heterocycles. The molecule has 26 heavy (non-hydrogen) atoms. The maximum atomic E-state index is 12.5. The van der Waals surface area contributed by atoms with Crippen LogP contribution in [0.5, 0.6) is 0 Å². The first-order chi connectivity index (χ1) is 12.4. The van der Waals surface area contributed by atoms with Crippen molar-refractivity contribution < 1.29 is 13.2 Å². The first-order valence-electron chi connectivity index (χ1n) is 7.27. The second-order valence-electron chi connectivity index (χ2n) is 5.20. The standard InChI is InChI=1S/C17H12Cl2N2O3S2/c18-14-2-1-3-15(19)16(14)26(23,24)21-13-6-4-12(5-7-13)20-17(22)11-8-9-25-10-11/h1-10,21H,(H,20,22). The lowest BCUT2D eigenvalue weighted by molar-refractivity contribution is 0.102. The molecule has 0 saturated carbocycles. The van der Waals surface area contributed by atoms with Crippen molar-refractivity contribution in [2.24, 2.45) is 0 Å². The van der Waals surface area contributed by atoms with Crippen LogP contribution in [-0.4, -0.2) is 14.3 Å². The average molecular weight is 427 g/mol. The molecule has 1 amide bonds. The fourth-order valence-electron chi connectivity index (χ4n) is 2.16. The Morgan fingerprint density at radius 1 is 0.923 bits per heavy atom. The Hall–Kier alpha value is -2.06. The van der Waals surface area contributed by atoms with Crippen molar-refractivity contribution in [3.8, 4) is 0 Å². The number of rotatable bonds is 5. The Morgan fingerprint density at radius 2 is 1.54 bits per heavy atom. The monoisotopic (exact) mass is 426 g/mol. The van der Waals surface area contributed by atoms with E-state index < -0.39 is 10.0 Å². The number of carbonyl (C=O) groups is 1. The Kier molecular flexibility index (Phi) is 5.52. The number of hydrogen-bond donors (Lipinski definition) is 2. The summed E-state index contributed by atoms with van der Waals surface area (Å²) in [6.45, 7) is 0. The third-order valence-electron chi connectivity index (χ3n) is 3.37. The Bertz CT molecular complexity index is 1010. The van der Waals surface area contributed by atoms with Crippen molar-refractivity contribution in [3.05, 3.63) is 74.9 Å². The zero-order valence-corrected chi connectivity index (χ0v) is 16.2. The van der Waals surface area contributed by atoms with Gasteiger partial charge < -0.3 is 5.32 Å². The zero-order valence-electron chi connectivity index (χ0n) is 13.1. The highest BCUT2D eigenvalue weighted by Crippen LogP contribution is 2.30. The number of benzene rings is 2. The van der Waals surface area contributed by atoms with Gasteiger partial charge in [0.2, 0.25) is 0 Å². The lowest BCUT2D eigenvalue weighted by atomic mass is 10.2. The van der Waals surface area contributed by atoms with Gasteiger partial charge in [0, 0.05) is 16.8 Å². The van der Waals surface area contributed by atoms with Crippen molar-refractivity contribution in [2.45, 2.75) is 4.90 Å². The summed E-state index contributed by atoms with van der Waals surface area (Å²) in [5.74, 6) is -0.234. The normalized spacial score (nSPS) is 11.2. The first kappa shape index (κ1) is 18.7. The molecule has 0 unspecified atom stereocenters. The first-order valence-corrected chi connectivity index (χ1v) is 10.5. The fourth-order valence-corrected chi connectivity index (χ4v) is 5.00. The molecule has 9 heteroatoms. The lowest BCUT2D eigenvalue weighted by Gasteiger charge is -2.11. The van der Waals surface area contributed by atoms with Crippen LogP contribution in [0.2, 0.25) is 10.0 Å². The number of hydrogen-bond acceptors (Lipinski definition) is 4. The molecule has 0 fully saturated rings. The van der Waals surface area contributed by atoms with Gasteiger partial charge in [0.15, 0.2) is 0 Å². The second kappa shape index (κ2) is 7.67. The minimum atomic E-state index is -3.95. The molecule has 2 aromatic carbocycles. The summed E-state index contributed by atoms with van der Waals surface area (Å²) in [6.07, 6.45) is 0. The third kappa shape index (κ3) is 4.19. The van der Waals surface area contributed by atoms with E-state index in [0.29, 0.717) is 16.9 Å². The predicted octanol–water partition coefficient (Wildman–Crippen LogP) is 5.11. The van der Waals surface area contributed by atoms with Crippen LogP contribution in [0.3, 0.4) is 0 Å². The van der Waals surface area contributed by atoms with Gasteiger partial charge in [-0.3, -0.25) is 9.52 Å². The van der Waals surface area contributed by atoms with E-state index in [0.717, 1.165) is 0 Å². The summed E-state index contributed by atoms with van der Waals surface area (Å²) in [5.41, 5.74) is 1.42. The molecule has 0 radical (unpaired) electrons. The predicted molar refractivity (Wildman–Crippen MR) is 106 cm³/mol. The average Bonchev–Trinajstić information content (AvgIpc) is 3.10. The van der Waals surface area contributed by atoms with Crippen LogP contribution < -0.4 is 10.0 Å². The Labute approximate surface area is 164 Å². The van der Waals surface area contributed by atoms with Crippen LogP contribution in [0.25, 0.3) is 0 Å². The molecule has 0 spiro atoms. The van der Waals surface area contributed by atoms with E-state index in [2.05, 4.69) is 10.0 Å². The molecule has 134 valence electrons. The van der Waals surface area contributed by atoms with Gasteiger partial charge in [0.1, 0.15) is 4.90 Å². The number of amides is 1. The number of anilines is 2. The van der Waals surface area contributed by atoms with Gasteiger partial charge in [-0.2, -0.15) is 11.3 Å². The Morgan fingerprint density at radius 3 is 2.12 bits per heavy atom. The summed E-state index contributed by atoms with van der Waals surface area (Å²) < 4.78 is 27.4. The highest BCUT2D eigenvalue weighted by atomic mass is 35.5. The smallest absolute Gasteiger partial charge is 0.264 e. The largest absolute Gasteiger partial charge is 0.322 e. The van der Waals surface area contributed by atoms with Gasteiger partial charge in [-0.1, -0.05) is 29.3 Å². The minimum Gasteiger partial charge on any atom is -0.322 e. The Balaban J connectivity index is 1.76. The van der Waals surface area contributed by atoms with Crippen molar-refractivity contribution >= 4 is 61.8 Å². The SMILES string of the molecule is O=C(Nc1ccc(NS(=O)(=O)c2c(Cl)cccc2Cl)cc1)c1ccsc1. The van der Waals surface area contributed by atoms with Crippen molar-refractivity contribution in [3.63, 3.8) is 0 Å². The van der Waals surface area contributed by atoms with E-state index in [4.69, 9.17) is 23.2 Å². The summed E-state index contributed by atoms with van der Waals surface area (Å²) in [7, 11) is -3.95. The van der Waals surface area contributed by atoms with E-state index >= 15 is 0 Å². The molecule has 0 atom stereocenters. The van der Waals surface area contributed by atoms with E-state index in [1.807, 2.05) is 5.38 Å². The molecule has 5 nitrogen and oxygen atoms in total.